The van der Waals surface area contributed by atoms with Gasteiger partial charge in [0.1, 0.15) is 11.6 Å². The third-order valence-electron chi connectivity index (χ3n) is 3.99. The number of nitrogens with one attached hydrogen (secondary N) is 2. The maximum Gasteiger partial charge on any atom is 0.255 e. The Balaban J connectivity index is 1.79. The smallest absolute Gasteiger partial charge is 0.255 e. The second-order valence-corrected chi connectivity index (χ2v) is 6.66. The minimum atomic E-state index is -0.460. The molecule has 150 valence electrons. The summed E-state index contributed by atoms with van der Waals surface area (Å²) in [6.45, 7) is 8.46. The molecule has 9 nitrogen and oxygen atoms in total. The molecule has 2 rings (SSSR count). The summed E-state index contributed by atoms with van der Waals surface area (Å²) >= 11 is 0. The second kappa shape index (κ2) is 10.7. The van der Waals surface area contributed by atoms with Gasteiger partial charge in [-0.1, -0.05) is 0 Å². The molecule has 1 fully saturated rings. The minimum Gasteiger partial charge on any atom is -0.492 e. The Morgan fingerprint density at radius 3 is 2.81 bits per heavy atom. The molecule has 0 bridgehead atoms. The van der Waals surface area contributed by atoms with Crippen molar-refractivity contribution in [3.8, 4) is 5.75 Å². The summed E-state index contributed by atoms with van der Waals surface area (Å²) in [4.78, 5) is 30.2. The number of nitrogens with zero attached hydrogens (tertiary/aromatic N) is 2. The Hall–Kier alpha value is -2.39. The molecular weight excluding hydrogens is 350 g/mol. The van der Waals surface area contributed by atoms with Crippen molar-refractivity contribution >= 4 is 17.6 Å². The quantitative estimate of drug-likeness (QED) is 0.518. The molecule has 1 aliphatic heterocycles. The molecule has 9 heteroatoms. The van der Waals surface area contributed by atoms with Crippen LogP contribution in [-0.2, 0) is 9.53 Å². The van der Waals surface area contributed by atoms with Gasteiger partial charge in [0, 0.05) is 25.7 Å². The van der Waals surface area contributed by atoms with E-state index in [4.69, 9.17) is 15.2 Å². The number of carbonyl (C=O) groups is 2. The maximum atomic E-state index is 12.3. The summed E-state index contributed by atoms with van der Waals surface area (Å²) in [5, 5.41) is 5.24. The van der Waals surface area contributed by atoms with Gasteiger partial charge in [-0.05, 0) is 26.3 Å². The lowest BCUT2D eigenvalue weighted by molar-refractivity contribution is -0.120. The average molecular weight is 379 g/mol. The van der Waals surface area contributed by atoms with Crippen molar-refractivity contribution < 1.29 is 19.1 Å². The van der Waals surface area contributed by atoms with Crippen LogP contribution in [0.25, 0.3) is 0 Å². The lowest BCUT2D eigenvalue weighted by Crippen LogP contribution is -2.40. The molecule has 1 aliphatic rings. The van der Waals surface area contributed by atoms with Crippen LogP contribution in [-0.4, -0.2) is 73.7 Å². The number of morpholine rings is 1. The van der Waals surface area contributed by atoms with Crippen molar-refractivity contribution in [1.82, 2.24) is 20.5 Å². The van der Waals surface area contributed by atoms with Crippen molar-refractivity contribution in [2.75, 3.05) is 51.7 Å². The first-order chi connectivity index (χ1) is 13.0. The van der Waals surface area contributed by atoms with E-state index in [2.05, 4.69) is 20.5 Å². The number of hydrogen-bond acceptors (Lipinski definition) is 7. The highest BCUT2D eigenvalue weighted by atomic mass is 16.5. The van der Waals surface area contributed by atoms with Gasteiger partial charge < -0.3 is 25.8 Å². The van der Waals surface area contributed by atoms with Crippen LogP contribution in [0.2, 0.25) is 0 Å². The van der Waals surface area contributed by atoms with E-state index in [0.29, 0.717) is 12.4 Å². The standard InChI is InChI=1S/C18H29N5O4/c1-13(2)22-16(24)12-21-18(25)15-10-14(11-20-17(15)19)27-7-3-4-23-5-8-26-9-6-23/h10-11,13H,3-9,12H2,1-2H3,(H2,19,20)(H,21,25)(H,22,24). The normalized spacial score (nSPS) is 14.8. The molecule has 4 N–H and O–H groups in total. The first-order valence-electron chi connectivity index (χ1n) is 9.21. The average Bonchev–Trinajstić information content (AvgIpc) is 2.65. The maximum absolute atomic E-state index is 12.3. The number of hydrogen-bond donors (Lipinski definition) is 3. The predicted molar refractivity (Wildman–Crippen MR) is 102 cm³/mol. The fourth-order valence-electron chi connectivity index (χ4n) is 2.65. The summed E-state index contributed by atoms with van der Waals surface area (Å²) in [7, 11) is 0. The van der Waals surface area contributed by atoms with Crippen LogP contribution < -0.4 is 21.1 Å². The van der Waals surface area contributed by atoms with Crippen LogP contribution in [0.15, 0.2) is 12.3 Å². The van der Waals surface area contributed by atoms with Crippen LogP contribution >= 0.6 is 0 Å². The van der Waals surface area contributed by atoms with Crippen molar-refractivity contribution in [3.05, 3.63) is 17.8 Å². The number of aromatic nitrogens is 1. The molecule has 0 unspecified atom stereocenters. The van der Waals surface area contributed by atoms with Gasteiger partial charge in [-0.3, -0.25) is 14.5 Å². The van der Waals surface area contributed by atoms with Gasteiger partial charge in [0.25, 0.3) is 5.91 Å². The highest BCUT2D eigenvalue weighted by Gasteiger charge is 2.14. The van der Waals surface area contributed by atoms with Crippen molar-refractivity contribution in [2.45, 2.75) is 26.3 Å². The van der Waals surface area contributed by atoms with Gasteiger partial charge in [0.05, 0.1) is 38.1 Å². The summed E-state index contributed by atoms with van der Waals surface area (Å²) in [6.07, 6.45) is 2.35. The molecule has 1 aromatic rings. The van der Waals surface area contributed by atoms with Gasteiger partial charge >= 0.3 is 0 Å². The van der Waals surface area contributed by atoms with E-state index < -0.39 is 5.91 Å². The van der Waals surface area contributed by atoms with Gasteiger partial charge in [-0.15, -0.1) is 0 Å². The third kappa shape index (κ3) is 7.40. The minimum absolute atomic E-state index is 0.00956. The van der Waals surface area contributed by atoms with E-state index in [1.807, 2.05) is 13.8 Å². The van der Waals surface area contributed by atoms with Gasteiger partial charge in [-0.2, -0.15) is 0 Å². The number of nitrogens with two attached hydrogens (primary N) is 1. The Kier molecular flexibility index (Phi) is 8.28. The summed E-state index contributed by atoms with van der Waals surface area (Å²) in [5.74, 6) is -0.154. The molecule has 0 aliphatic carbocycles. The van der Waals surface area contributed by atoms with Crippen LogP contribution in [0.1, 0.15) is 30.6 Å². The van der Waals surface area contributed by atoms with Crippen LogP contribution in [0, 0.1) is 0 Å². The van der Waals surface area contributed by atoms with Gasteiger partial charge in [-0.25, -0.2) is 4.98 Å². The fourth-order valence-corrected chi connectivity index (χ4v) is 2.65. The number of pyridine rings is 1. The Labute approximate surface area is 159 Å². The lowest BCUT2D eigenvalue weighted by atomic mass is 10.2. The van der Waals surface area contributed by atoms with Crippen LogP contribution in [0.5, 0.6) is 5.75 Å². The molecule has 0 spiro atoms. The summed E-state index contributed by atoms with van der Waals surface area (Å²) in [6, 6.07) is 1.56. The van der Waals surface area contributed by atoms with Crippen molar-refractivity contribution in [2.24, 2.45) is 0 Å². The fraction of sp³-hybridized carbons (Fsp3) is 0.611. The lowest BCUT2D eigenvalue weighted by Gasteiger charge is -2.26. The molecular formula is C18H29N5O4. The van der Waals surface area contributed by atoms with Crippen molar-refractivity contribution in [3.63, 3.8) is 0 Å². The Morgan fingerprint density at radius 2 is 2.11 bits per heavy atom. The molecule has 1 aromatic heterocycles. The zero-order valence-corrected chi connectivity index (χ0v) is 16.0. The highest BCUT2D eigenvalue weighted by Crippen LogP contribution is 2.17. The van der Waals surface area contributed by atoms with E-state index in [1.54, 1.807) is 6.07 Å². The number of nitrogen functional groups attached to an aromatic ring is 1. The van der Waals surface area contributed by atoms with E-state index in [1.165, 1.54) is 6.20 Å². The van der Waals surface area contributed by atoms with Crippen LogP contribution in [0.4, 0.5) is 5.82 Å². The number of ether oxygens (including phenoxy) is 2. The molecule has 0 atom stereocenters. The SMILES string of the molecule is CC(C)NC(=O)CNC(=O)c1cc(OCCCN2CCOCC2)cnc1N. The molecule has 1 saturated heterocycles. The van der Waals surface area contributed by atoms with Crippen LogP contribution in [0.3, 0.4) is 0 Å². The number of carbonyl (C=O) groups excluding carboxylic acids is 2. The number of anilines is 1. The molecule has 2 heterocycles. The largest absolute Gasteiger partial charge is 0.492 e. The Morgan fingerprint density at radius 1 is 1.37 bits per heavy atom. The molecule has 27 heavy (non-hydrogen) atoms. The highest BCUT2D eigenvalue weighted by molar-refractivity contribution is 6.00. The van der Waals surface area contributed by atoms with E-state index in [9.17, 15) is 9.59 Å². The van der Waals surface area contributed by atoms with E-state index in [-0.39, 0.29) is 29.9 Å². The first kappa shape index (κ1) is 20.9. The first-order valence-corrected chi connectivity index (χ1v) is 9.21. The number of amides is 2. The molecule has 2 amide bonds. The second-order valence-electron chi connectivity index (χ2n) is 6.66. The van der Waals surface area contributed by atoms with Gasteiger partial charge in [0.2, 0.25) is 5.91 Å². The molecule has 0 radical (unpaired) electrons. The predicted octanol–water partition coefficient (Wildman–Crippen LogP) is 0.0193. The topological polar surface area (TPSA) is 119 Å². The zero-order chi connectivity index (χ0) is 19.6. The summed E-state index contributed by atoms with van der Waals surface area (Å²) in [5.41, 5.74) is 5.98. The van der Waals surface area contributed by atoms with Gasteiger partial charge in [0.15, 0.2) is 0 Å². The van der Waals surface area contributed by atoms with Crippen molar-refractivity contribution in [1.29, 1.82) is 0 Å². The molecule has 0 saturated carbocycles. The van der Waals surface area contributed by atoms with E-state index >= 15 is 0 Å². The monoisotopic (exact) mass is 379 g/mol. The van der Waals surface area contributed by atoms with E-state index in [0.717, 1.165) is 39.3 Å². The molecule has 0 aromatic carbocycles. The summed E-state index contributed by atoms with van der Waals surface area (Å²) < 4.78 is 11.0. The number of rotatable bonds is 9. The third-order valence-corrected chi connectivity index (χ3v) is 3.99. The zero-order valence-electron chi connectivity index (χ0n) is 16.0. The Bertz CT molecular complexity index is 632.